The lowest BCUT2D eigenvalue weighted by molar-refractivity contribution is 1.28. The van der Waals surface area contributed by atoms with Crippen molar-refractivity contribution in [3.63, 3.8) is 0 Å². The minimum atomic E-state index is 0.00755. The fourth-order valence-electron chi connectivity index (χ4n) is 8.28. The molecule has 3 heteroatoms. The second-order valence-electron chi connectivity index (χ2n) is 12.9. The lowest BCUT2D eigenvalue weighted by Crippen LogP contribution is -2.61. The molecule has 0 saturated carbocycles. The average Bonchev–Trinajstić information content (AvgIpc) is 3.15. The van der Waals surface area contributed by atoms with Gasteiger partial charge in [-0.1, -0.05) is 145 Å². The van der Waals surface area contributed by atoms with Crippen LogP contribution in [0.1, 0.15) is 5.56 Å². The Morgan fingerprint density at radius 3 is 1.81 bits per heavy atom. The van der Waals surface area contributed by atoms with Gasteiger partial charge in [0.25, 0.3) is 0 Å². The quantitative estimate of drug-likeness (QED) is 0.145. The summed E-state index contributed by atoms with van der Waals surface area (Å²) >= 11 is 0. The number of benzene rings is 8. The van der Waals surface area contributed by atoms with Gasteiger partial charge in [0.2, 0.25) is 0 Å². The van der Waals surface area contributed by atoms with Gasteiger partial charge in [-0.25, -0.2) is 0 Å². The van der Waals surface area contributed by atoms with Gasteiger partial charge in [0.15, 0.2) is 0 Å². The highest BCUT2D eigenvalue weighted by Crippen LogP contribution is 2.52. The van der Waals surface area contributed by atoms with Crippen molar-refractivity contribution in [1.82, 2.24) is 0 Å². The molecule has 2 aliphatic heterocycles. The Kier molecular flexibility index (Phi) is 5.92. The van der Waals surface area contributed by atoms with Crippen LogP contribution in [0.5, 0.6) is 0 Å². The number of nitrogens with zero attached hydrogens (tertiary/aromatic N) is 2. The zero-order valence-corrected chi connectivity index (χ0v) is 26.6. The highest BCUT2D eigenvalue weighted by atomic mass is 15.2. The molecule has 0 aliphatic carbocycles. The highest BCUT2D eigenvalue weighted by molar-refractivity contribution is 6.93. The van der Waals surface area contributed by atoms with E-state index in [0.29, 0.717) is 0 Å². The van der Waals surface area contributed by atoms with Crippen LogP contribution in [0.3, 0.4) is 0 Å². The van der Waals surface area contributed by atoms with Gasteiger partial charge in [-0.3, -0.25) is 0 Å². The molecule has 0 spiro atoms. The van der Waals surface area contributed by atoms with Crippen LogP contribution < -0.4 is 20.6 Å². The predicted molar refractivity (Wildman–Crippen MR) is 205 cm³/mol. The Hall–Kier alpha value is -6.06. The van der Waals surface area contributed by atoms with Gasteiger partial charge in [-0.05, 0) is 75.5 Å². The second-order valence-corrected chi connectivity index (χ2v) is 12.9. The number of aryl methyl sites for hydroxylation is 1. The van der Waals surface area contributed by atoms with Crippen LogP contribution in [0.4, 0.5) is 28.4 Å². The van der Waals surface area contributed by atoms with E-state index >= 15 is 0 Å². The van der Waals surface area contributed by atoms with E-state index < -0.39 is 0 Å². The summed E-state index contributed by atoms with van der Waals surface area (Å²) < 4.78 is 0. The lowest BCUT2D eigenvalue weighted by atomic mass is 9.43. The van der Waals surface area contributed by atoms with Crippen molar-refractivity contribution in [3.05, 3.63) is 175 Å². The summed E-state index contributed by atoms with van der Waals surface area (Å²) in [6.45, 7) is 2.17. The van der Waals surface area contributed by atoms with Gasteiger partial charge in [-0.15, -0.1) is 0 Å². The summed E-state index contributed by atoms with van der Waals surface area (Å²) in [5.74, 6) is 0. The molecule has 2 nitrogen and oxygen atoms in total. The van der Waals surface area contributed by atoms with E-state index in [1.165, 1.54) is 88.7 Å². The van der Waals surface area contributed by atoms with E-state index in [-0.39, 0.29) is 6.85 Å². The maximum absolute atomic E-state index is 2.57. The number of anilines is 5. The van der Waals surface area contributed by atoms with Crippen LogP contribution in [-0.2, 0) is 0 Å². The van der Waals surface area contributed by atoms with Crippen molar-refractivity contribution in [1.29, 1.82) is 0 Å². The first-order valence-electron chi connectivity index (χ1n) is 16.7. The van der Waals surface area contributed by atoms with Gasteiger partial charge >= 0.3 is 6.85 Å². The predicted octanol–water partition coefficient (Wildman–Crippen LogP) is 10.7. The fraction of sp³-hybridized carbons (Fsp3) is 0.0222. The fourth-order valence-corrected chi connectivity index (χ4v) is 8.28. The first-order valence-corrected chi connectivity index (χ1v) is 16.7. The van der Waals surface area contributed by atoms with E-state index in [1.807, 2.05) is 0 Å². The molecule has 0 saturated heterocycles. The van der Waals surface area contributed by atoms with E-state index in [9.17, 15) is 0 Å². The van der Waals surface area contributed by atoms with Gasteiger partial charge in [-0.2, -0.15) is 0 Å². The largest absolute Gasteiger partial charge is 0.376 e. The maximum atomic E-state index is 2.57. The third-order valence-corrected chi connectivity index (χ3v) is 10.3. The highest BCUT2D eigenvalue weighted by Gasteiger charge is 2.45. The van der Waals surface area contributed by atoms with Crippen molar-refractivity contribution in [3.8, 4) is 22.3 Å². The maximum Gasteiger partial charge on any atom is 0.333 e. The Bertz CT molecular complexity index is 2540. The SMILES string of the molecule is Cc1ccc(N2B3c4ccccc4N(c4c(-c5ccccc5)c5ccccc5c5ccccc45)c4cccc(c43)-c3ccccc32)cc1. The number of fused-ring (bicyclic) bond motifs is 7. The molecule has 2 aliphatic rings. The molecular formula is C45H31BN2. The molecule has 0 radical (unpaired) electrons. The Balaban J connectivity index is 1.36. The van der Waals surface area contributed by atoms with Crippen LogP contribution in [0.25, 0.3) is 43.8 Å². The van der Waals surface area contributed by atoms with Crippen LogP contribution in [0, 0.1) is 6.92 Å². The standard InChI is InChI=1S/C45H31BN2/c1-30-26-28-32(29-27-30)48-40-23-11-9-18-35(40)37-21-13-25-42-44(37)46(48)39-22-10-12-24-41(39)47(42)45-38-20-8-6-17-34(38)33-16-5-7-19-36(33)43(45)31-14-3-2-4-15-31/h2-29H,1H3. The lowest BCUT2D eigenvalue weighted by Gasteiger charge is -2.46. The molecule has 0 aromatic heterocycles. The zero-order valence-electron chi connectivity index (χ0n) is 26.6. The summed E-state index contributed by atoms with van der Waals surface area (Å²) in [4.78, 5) is 5.14. The summed E-state index contributed by atoms with van der Waals surface area (Å²) in [5, 5.41) is 5.04. The topological polar surface area (TPSA) is 6.48 Å². The van der Waals surface area contributed by atoms with Crippen molar-refractivity contribution in [2.75, 3.05) is 9.71 Å². The Morgan fingerprint density at radius 2 is 1.02 bits per heavy atom. The van der Waals surface area contributed by atoms with Gasteiger partial charge in [0, 0.05) is 39.3 Å². The molecular weight excluding hydrogens is 579 g/mol. The van der Waals surface area contributed by atoms with Gasteiger partial charge in [0.05, 0.1) is 5.69 Å². The van der Waals surface area contributed by atoms with Gasteiger partial charge in [0.1, 0.15) is 0 Å². The van der Waals surface area contributed by atoms with E-state index in [2.05, 4.69) is 186 Å². The van der Waals surface area contributed by atoms with Crippen molar-refractivity contribution >= 4 is 67.8 Å². The molecule has 0 atom stereocenters. The van der Waals surface area contributed by atoms with Crippen LogP contribution in [0.2, 0.25) is 0 Å². The van der Waals surface area contributed by atoms with E-state index in [4.69, 9.17) is 0 Å². The Morgan fingerprint density at radius 1 is 0.438 bits per heavy atom. The van der Waals surface area contributed by atoms with Crippen molar-refractivity contribution < 1.29 is 0 Å². The van der Waals surface area contributed by atoms with E-state index in [0.717, 1.165) is 0 Å². The average molecular weight is 611 g/mol. The summed E-state index contributed by atoms with van der Waals surface area (Å²) in [5.41, 5.74) is 15.0. The summed E-state index contributed by atoms with van der Waals surface area (Å²) in [6, 6.07) is 62.7. The Labute approximate surface area is 281 Å². The van der Waals surface area contributed by atoms with Crippen LogP contribution in [0.15, 0.2) is 170 Å². The number of rotatable bonds is 3. The molecule has 224 valence electrons. The van der Waals surface area contributed by atoms with Crippen molar-refractivity contribution in [2.45, 2.75) is 6.92 Å². The molecule has 0 unspecified atom stereocenters. The van der Waals surface area contributed by atoms with Crippen LogP contribution >= 0.6 is 0 Å². The summed E-state index contributed by atoms with van der Waals surface area (Å²) in [6.07, 6.45) is 0. The third kappa shape index (κ3) is 3.82. The van der Waals surface area contributed by atoms with Gasteiger partial charge < -0.3 is 9.71 Å². The van der Waals surface area contributed by atoms with Crippen LogP contribution in [-0.4, -0.2) is 6.85 Å². The first kappa shape index (κ1) is 27.1. The number of hydrogen-bond donors (Lipinski definition) is 0. The monoisotopic (exact) mass is 610 g/mol. The normalized spacial score (nSPS) is 13.0. The molecule has 0 N–H and O–H groups in total. The van der Waals surface area contributed by atoms with Crippen molar-refractivity contribution in [2.24, 2.45) is 0 Å². The molecule has 48 heavy (non-hydrogen) atoms. The molecule has 10 rings (SSSR count). The molecule has 0 amide bonds. The molecule has 0 fully saturated rings. The zero-order chi connectivity index (χ0) is 31.8. The third-order valence-electron chi connectivity index (χ3n) is 10.3. The number of para-hydroxylation sites is 2. The summed E-state index contributed by atoms with van der Waals surface area (Å²) in [7, 11) is 0. The molecule has 8 aromatic carbocycles. The first-order chi connectivity index (χ1) is 23.8. The molecule has 2 heterocycles. The molecule has 8 aromatic rings. The van der Waals surface area contributed by atoms with E-state index in [1.54, 1.807) is 0 Å². The smallest absolute Gasteiger partial charge is 0.333 e. The number of hydrogen-bond acceptors (Lipinski definition) is 2. The minimum Gasteiger partial charge on any atom is -0.376 e. The second kappa shape index (κ2) is 10.5. The minimum absolute atomic E-state index is 0.00755. The molecule has 0 bridgehead atoms.